The van der Waals surface area contributed by atoms with Crippen molar-refractivity contribution in [3.05, 3.63) is 48.7 Å². The number of methoxy groups -OCH3 is 1. The molecule has 0 spiro atoms. The maximum absolute atomic E-state index is 12.3. The van der Waals surface area contributed by atoms with Gasteiger partial charge < -0.3 is 20.2 Å². The molecule has 0 heterocycles. The summed E-state index contributed by atoms with van der Waals surface area (Å²) in [6, 6.07) is 4.14. The van der Waals surface area contributed by atoms with Gasteiger partial charge in [-0.2, -0.15) is 8.78 Å². The first-order valence-corrected chi connectivity index (χ1v) is 5.79. The van der Waals surface area contributed by atoms with Crippen LogP contribution in [0.2, 0.25) is 0 Å². The van der Waals surface area contributed by atoms with E-state index in [0.717, 1.165) is 6.08 Å². The van der Waals surface area contributed by atoms with E-state index in [1.54, 1.807) is 0 Å². The van der Waals surface area contributed by atoms with E-state index in [1.165, 1.54) is 37.6 Å². The summed E-state index contributed by atoms with van der Waals surface area (Å²) >= 11 is 0. The second-order valence-corrected chi connectivity index (χ2v) is 3.70. The van der Waals surface area contributed by atoms with Gasteiger partial charge >= 0.3 is 6.61 Å². The molecule has 1 rings (SSSR count). The van der Waals surface area contributed by atoms with Crippen LogP contribution in [0.15, 0.2) is 43.1 Å². The van der Waals surface area contributed by atoms with Gasteiger partial charge in [0.2, 0.25) is 5.91 Å². The van der Waals surface area contributed by atoms with Crippen molar-refractivity contribution < 1.29 is 23.0 Å². The molecule has 0 bridgehead atoms. The quantitative estimate of drug-likeness (QED) is 0.600. The largest absolute Gasteiger partial charge is 0.493 e. The molecule has 1 amide bonds. The third-order valence-corrected chi connectivity index (χ3v) is 2.34. The monoisotopic (exact) mass is 296 g/mol. The number of ether oxygens (including phenoxy) is 2. The normalized spacial score (nSPS) is 10.5. The third kappa shape index (κ3) is 5.06. The highest BCUT2D eigenvalue weighted by atomic mass is 19.3. The molecule has 21 heavy (non-hydrogen) atoms. The van der Waals surface area contributed by atoms with E-state index in [-0.39, 0.29) is 17.2 Å². The molecule has 0 aliphatic heterocycles. The van der Waals surface area contributed by atoms with E-state index >= 15 is 0 Å². The van der Waals surface area contributed by atoms with Gasteiger partial charge in [0.25, 0.3) is 0 Å². The summed E-state index contributed by atoms with van der Waals surface area (Å²) in [4.78, 5) is 11.2. The van der Waals surface area contributed by atoms with Crippen molar-refractivity contribution in [3.8, 4) is 11.5 Å². The van der Waals surface area contributed by atoms with Crippen LogP contribution in [0.3, 0.4) is 0 Å². The minimum atomic E-state index is -3.00. The van der Waals surface area contributed by atoms with Crippen molar-refractivity contribution in [2.24, 2.45) is 0 Å². The Kier molecular flexibility index (Phi) is 6.06. The molecule has 2 N–H and O–H groups in total. The van der Waals surface area contributed by atoms with Crippen LogP contribution in [0.4, 0.5) is 8.78 Å². The average molecular weight is 296 g/mol. The lowest BCUT2D eigenvalue weighted by Gasteiger charge is -2.11. The average Bonchev–Trinajstić information content (AvgIpc) is 2.44. The van der Waals surface area contributed by atoms with Gasteiger partial charge in [-0.15, -0.1) is 0 Å². The van der Waals surface area contributed by atoms with Crippen LogP contribution < -0.4 is 14.8 Å². The van der Waals surface area contributed by atoms with Crippen LogP contribution in [0, 0.1) is 5.41 Å². The van der Waals surface area contributed by atoms with E-state index in [1.807, 2.05) is 0 Å². The minimum Gasteiger partial charge on any atom is -0.493 e. The standard InChI is InChI=1S/C14H14F2N2O3/c1-3-18-13(19)7-5-10(17)9-4-6-11(20-2)12(8-9)21-14(15)16/h3-8,14,17H,1H2,2H3,(H,18,19)/b7-5-,17-10?. The first-order chi connectivity index (χ1) is 9.97. The molecule has 5 nitrogen and oxygen atoms in total. The summed E-state index contributed by atoms with van der Waals surface area (Å²) in [7, 11) is 1.32. The van der Waals surface area contributed by atoms with E-state index in [2.05, 4.69) is 16.6 Å². The Balaban J connectivity index is 2.94. The Bertz CT molecular complexity index is 571. The molecule has 112 valence electrons. The van der Waals surface area contributed by atoms with Crippen molar-refractivity contribution in [2.75, 3.05) is 7.11 Å². The van der Waals surface area contributed by atoms with Gasteiger partial charge in [-0.05, 0) is 30.5 Å². The summed E-state index contributed by atoms with van der Waals surface area (Å²) < 4.78 is 33.8. The number of halogens is 2. The number of amides is 1. The second kappa shape index (κ2) is 7.78. The highest BCUT2D eigenvalue weighted by Gasteiger charge is 2.12. The van der Waals surface area contributed by atoms with E-state index < -0.39 is 12.5 Å². The number of carbonyl (C=O) groups is 1. The number of hydrogen-bond acceptors (Lipinski definition) is 4. The van der Waals surface area contributed by atoms with Crippen LogP contribution >= 0.6 is 0 Å². The van der Waals surface area contributed by atoms with Crippen molar-refractivity contribution in [1.29, 1.82) is 5.41 Å². The smallest absolute Gasteiger partial charge is 0.387 e. The van der Waals surface area contributed by atoms with Crippen molar-refractivity contribution in [3.63, 3.8) is 0 Å². The number of rotatable bonds is 7. The predicted molar refractivity (Wildman–Crippen MR) is 73.9 cm³/mol. The van der Waals surface area contributed by atoms with Gasteiger partial charge in [-0.3, -0.25) is 4.79 Å². The maximum atomic E-state index is 12.3. The minimum absolute atomic E-state index is 0.0454. The lowest BCUT2D eigenvalue weighted by Crippen LogP contribution is -2.13. The molecule has 0 unspecified atom stereocenters. The van der Waals surface area contributed by atoms with Crippen LogP contribution in [0.5, 0.6) is 11.5 Å². The van der Waals surface area contributed by atoms with Crippen molar-refractivity contribution >= 4 is 11.6 Å². The number of allylic oxidation sites excluding steroid dienone is 1. The Hall–Kier alpha value is -2.70. The van der Waals surface area contributed by atoms with Crippen molar-refractivity contribution in [2.45, 2.75) is 6.61 Å². The summed E-state index contributed by atoms with van der Waals surface area (Å²) in [6.45, 7) is 0.321. The van der Waals surface area contributed by atoms with Gasteiger partial charge in [-0.25, -0.2) is 0 Å². The molecule has 0 radical (unpaired) electrons. The fraction of sp³-hybridized carbons (Fsp3) is 0.143. The fourth-order valence-corrected chi connectivity index (χ4v) is 1.44. The lowest BCUT2D eigenvalue weighted by molar-refractivity contribution is -0.115. The Morgan fingerprint density at radius 1 is 1.38 bits per heavy atom. The Morgan fingerprint density at radius 3 is 2.67 bits per heavy atom. The number of hydrogen-bond donors (Lipinski definition) is 2. The van der Waals surface area contributed by atoms with Crippen molar-refractivity contribution in [1.82, 2.24) is 5.32 Å². The molecule has 0 aliphatic rings. The molecule has 0 atom stereocenters. The lowest BCUT2D eigenvalue weighted by atomic mass is 10.1. The van der Waals surface area contributed by atoms with Gasteiger partial charge in [0.1, 0.15) is 0 Å². The van der Waals surface area contributed by atoms with Gasteiger partial charge in [0.15, 0.2) is 11.5 Å². The second-order valence-electron chi connectivity index (χ2n) is 3.70. The van der Waals surface area contributed by atoms with E-state index in [0.29, 0.717) is 5.56 Å². The molecule has 0 saturated carbocycles. The number of benzene rings is 1. The first kappa shape index (κ1) is 16.4. The Morgan fingerprint density at radius 2 is 2.10 bits per heavy atom. The fourth-order valence-electron chi connectivity index (χ4n) is 1.44. The maximum Gasteiger partial charge on any atom is 0.387 e. The summed E-state index contributed by atoms with van der Waals surface area (Å²) in [5, 5.41) is 10.1. The first-order valence-electron chi connectivity index (χ1n) is 5.79. The van der Waals surface area contributed by atoms with Crippen LogP contribution in [0.25, 0.3) is 0 Å². The zero-order valence-corrected chi connectivity index (χ0v) is 11.2. The van der Waals surface area contributed by atoms with Crippen LogP contribution in [0.1, 0.15) is 5.56 Å². The summed E-state index contributed by atoms with van der Waals surface area (Å²) in [6.07, 6.45) is 3.56. The van der Waals surface area contributed by atoms with Gasteiger partial charge in [0, 0.05) is 11.6 Å². The van der Waals surface area contributed by atoms with Crippen LogP contribution in [-0.4, -0.2) is 25.3 Å². The number of carbonyl (C=O) groups excluding carboxylic acids is 1. The molecule has 0 aromatic heterocycles. The molecular weight excluding hydrogens is 282 g/mol. The summed E-state index contributed by atoms with van der Waals surface area (Å²) in [5.74, 6) is -0.508. The Labute approximate surface area is 120 Å². The topological polar surface area (TPSA) is 71.4 Å². The SMILES string of the molecule is C=CNC(=O)/C=C\C(=N)c1ccc(OC)c(OC(F)F)c1. The van der Waals surface area contributed by atoms with Gasteiger partial charge in [-0.1, -0.05) is 6.58 Å². The molecule has 0 aliphatic carbocycles. The molecule has 0 fully saturated rings. The highest BCUT2D eigenvalue weighted by Crippen LogP contribution is 2.29. The molecular formula is C14H14F2N2O3. The van der Waals surface area contributed by atoms with Gasteiger partial charge in [0.05, 0.1) is 12.8 Å². The highest BCUT2D eigenvalue weighted by molar-refractivity contribution is 6.09. The number of alkyl halides is 2. The van der Waals surface area contributed by atoms with Crippen LogP contribution in [-0.2, 0) is 4.79 Å². The zero-order valence-electron chi connectivity index (χ0n) is 11.2. The molecule has 0 saturated heterocycles. The number of nitrogens with one attached hydrogen (secondary N) is 2. The molecule has 7 heteroatoms. The summed E-state index contributed by atoms with van der Waals surface area (Å²) in [5.41, 5.74) is 0.255. The van der Waals surface area contributed by atoms with E-state index in [9.17, 15) is 13.6 Å². The molecule has 1 aromatic carbocycles. The molecule has 1 aromatic rings. The third-order valence-electron chi connectivity index (χ3n) is 2.34. The predicted octanol–water partition coefficient (Wildman–Crippen LogP) is 2.48. The van der Waals surface area contributed by atoms with E-state index in [4.69, 9.17) is 10.1 Å². The zero-order chi connectivity index (χ0) is 15.8.